The number of benzene rings is 2. The summed E-state index contributed by atoms with van der Waals surface area (Å²) in [6, 6.07) is 13.8. The molecule has 1 aliphatic heterocycles. The van der Waals surface area contributed by atoms with Gasteiger partial charge in [0.2, 0.25) is 6.10 Å². The highest BCUT2D eigenvalue weighted by Gasteiger charge is 2.34. The Kier molecular flexibility index (Phi) is 4.37. The van der Waals surface area contributed by atoms with Gasteiger partial charge in [0.15, 0.2) is 11.5 Å². The number of methoxy groups -OCH3 is 1. The summed E-state index contributed by atoms with van der Waals surface area (Å²) in [5.41, 5.74) is 0.641. The fourth-order valence-corrected chi connectivity index (χ4v) is 2.49. The van der Waals surface area contributed by atoms with E-state index in [0.29, 0.717) is 17.2 Å². The molecule has 0 radical (unpaired) electrons. The first-order valence-corrected chi connectivity index (χ1v) is 7.50. The van der Waals surface area contributed by atoms with Gasteiger partial charge in [0, 0.05) is 0 Å². The van der Waals surface area contributed by atoms with Gasteiger partial charge in [0.25, 0.3) is 5.91 Å². The van der Waals surface area contributed by atoms with Crippen LogP contribution >= 0.6 is 0 Å². The summed E-state index contributed by atoms with van der Waals surface area (Å²) in [7, 11) is 1.29. The quantitative estimate of drug-likeness (QED) is 0.877. The molecule has 0 aromatic heterocycles. The van der Waals surface area contributed by atoms with Crippen LogP contribution in [0.3, 0.4) is 0 Å². The Morgan fingerprint density at radius 2 is 1.62 bits per heavy atom. The minimum Gasteiger partial charge on any atom is -0.482 e. The number of nitrogens with one attached hydrogen (secondary N) is 1. The summed E-state index contributed by atoms with van der Waals surface area (Å²) in [5, 5.41) is 2.71. The lowest BCUT2D eigenvalue weighted by Gasteiger charge is -2.31. The molecule has 6 nitrogen and oxygen atoms in total. The Morgan fingerprint density at radius 3 is 2.33 bits per heavy atom. The van der Waals surface area contributed by atoms with Crippen molar-refractivity contribution in [3.63, 3.8) is 0 Å². The van der Waals surface area contributed by atoms with Gasteiger partial charge in [0.05, 0.1) is 18.4 Å². The van der Waals surface area contributed by atoms with Crippen LogP contribution in [0.15, 0.2) is 48.5 Å². The number of hydrogen-bond donors (Lipinski definition) is 1. The van der Waals surface area contributed by atoms with Crippen LogP contribution in [0.25, 0.3) is 0 Å². The summed E-state index contributed by atoms with van der Waals surface area (Å²) < 4.78 is 16.2. The van der Waals surface area contributed by atoms with Gasteiger partial charge in [-0.15, -0.1) is 0 Å². The second kappa shape index (κ2) is 6.62. The predicted octanol–water partition coefficient (Wildman–Crippen LogP) is 2.64. The van der Waals surface area contributed by atoms with E-state index < -0.39 is 24.1 Å². The molecule has 0 fully saturated rings. The average molecular weight is 327 g/mol. The van der Waals surface area contributed by atoms with Gasteiger partial charge in [-0.2, -0.15) is 0 Å². The normalized spacial score (nSPS) is 18.6. The molecule has 2 aromatic carbocycles. The Bertz CT molecular complexity index is 774. The number of carbonyl (C=O) groups is 2. The summed E-state index contributed by atoms with van der Waals surface area (Å²) in [6.45, 7) is 1.76. The topological polar surface area (TPSA) is 73.9 Å². The van der Waals surface area contributed by atoms with E-state index >= 15 is 0 Å². The zero-order chi connectivity index (χ0) is 17.1. The molecule has 1 N–H and O–H groups in total. The molecule has 1 aliphatic rings. The van der Waals surface area contributed by atoms with Gasteiger partial charge in [-0.1, -0.05) is 24.3 Å². The molecule has 0 saturated carbocycles. The molecular weight excluding hydrogens is 310 g/mol. The monoisotopic (exact) mass is 327 g/mol. The molecule has 6 heteroatoms. The lowest BCUT2D eigenvalue weighted by Crippen LogP contribution is -2.46. The average Bonchev–Trinajstić information content (AvgIpc) is 2.60. The molecule has 0 aliphatic carbocycles. The maximum Gasteiger partial charge on any atom is 0.339 e. The predicted molar refractivity (Wildman–Crippen MR) is 87.4 cm³/mol. The van der Waals surface area contributed by atoms with Crippen molar-refractivity contribution in [2.45, 2.75) is 19.1 Å². The molecular formula is C18H17NO5. The first kappa shape index (κ1) is 15.9. The summed E-state index contributed by atoms with van der Waals surface area (Å²) in [5.74, 6) is 0.194. The largest absolute Gasteiger partial charge is 0.482 e. The van der Waals surface area contributed by atoms with E-state index in [9.17, 15) is 9.59 Å². The third-order valence-electron chi connectivity index (χ3n) is 3.69. The van der Waals surface area contributed by atoms with E-state index in [-0.39, 0.29) is 5.56 Å². The van der Waals surface area contributed by atoms with E-state index in [0.717, 1.165) is 0 Å². The zero-order valence-electron chi connectivity index (χ0n) is 13.3. The molecule has 0 spiro atoms. The second-order valence-corrected chi connectivity index (χ2v) is 5.33. The molecule has 1 amide bonds. The molecule has 0 saturated heterocycles. The number of fused-ring (bicyclic) bond motifs is 1. The number of para-hydroxylation sites is 3. The van der Waals surface area contributed by atoms with Crippen LogP contribution in [0.4, 0.5) is 5.69 Å². The Hall–Kier alpha value is -3.02. The third-order valence-corrected chi connectivity index (χ3v) is 3.69. The Labute approximate surface area is 139 Å². The first-order valence-electron chi connectivity index (χ1n) is 7.50. The Balaban J connectivity index is 1.80. The fraction of sp³-hybridized carbons (Fsp3) is 0.222. The minimum absolute atomic E-state index is 0.276. The lowest BCUT2D eigenvalue weighted by molar-refractivity contribution is -0.128. The highest BCUT2D eigenvalue weighted by atomic mass is 16.6. The van der Waals surface area contributed by atoms with Gasteiger partial charge in [0.1, 0.15) is 6.10 Å². The van der Waals surface area contributed by atoms with Crippen molar-refractivity contribution in [2.75, 3.05) is 12.4 Å². The van der Waals surface area contributed by atoms with Crippen molar-refractivity contribution in [3.05, 3.63) is 54.1 Å². The van der Waals surface area contributed by atoms with Crippen molar-refractivity contribution in [2.24, 2.45) is 0 Å². The van der Waals surface area contributed by atoms with Crippen LogP contribution in [0.1, 0.15) is 17.3 Å². The molecule has 3 rings (SSSR count). The number of carbonyl (C=O) groups excluding carboxylic acids is 2. The smallest absolute Gasteiger partial charge is 0.339 e. The number of anilines is 1. The van der Waals surface area contributed by atoms with E-state index in [1.165, 1.54) is 7.11 Å². The van der Waals surface area contributed by atoms with E-state index in [1.54, 1.807) is 49.4 Å². The van der Waals surface area contributed by atoms with E-state index in [2.05, 4.69) is 5.32 Å². The van der Waals surface area contributed by atoms with Crippen LogP contribution in [0, 0.1) is 0 Å². The van der Waals surface area contributed by atoms with Crippen molar-refractivity contribution < 1.29 is 23.8 Å². The second-order valence-electron chi connectivity index (χ2n) is 5.33. The fourth-order valence-electron chi connectivity index (χ4n) is 2.49. The molecule has 1 heterocycles. The SMILES string of the molecule is COC(=O)c1ccccc1NC(=O)[C@@H]1Oc2ccccc2O[C@H]1C. The lowest BCUT2D eigenvalue weighted by atomic mass is 10.1. The summed E-state index contributed by atoms with van der Waals surface area (Å²) in [4.78, 5) is 24.4. The summed E-state index contributed by atoms with van der Waals surface area (Å²) in [6.07, 6.45) is -1.30. The van der Waals surface area contributed by atoms with Crippen LogP contribution in [0.2, 0.25) is 0 Å². The molecule has 2 aromatic rings. The maximum absolute atomic E-state index is 12.6. The highest BCUT2D eigenvalue weighted by Crippen LogP contribution is 2.33. The molecule has 2 atom stereocenters. The van der Waals surface area contributed by atoms with E-state index in [4.69, 9.17) is 14.2 Å². The Morgan fingerprint density at radius 1 is 1.00 bits per heavy atom. The molecule has 24 heavy (non-hydrogen) atoms. The van der Waals surface area contributed by atoms with Gasteiger partial charge >= 0.3 is 5.97 Å². The first-order chi connectivity index (χ1) is 11.6. The number of ether oxygens (including phenoxy) is 3. The minimum atomic E-state index is -0.828. The van der Waals surface area contributed by atoms with Crippen LogP contribution in [0.5, 0.6) is 11.5 Å². The van der Waals surface area contributed by atoms with Gasteiger partial charge in [-0.05, 0) is 31.2 Å². The molecule has 124 valence electrons. The van der Waals surface area contributed by atoms with Gasteiger partial charge in [-0.25, -0.2) is 4.79 Å². The standard InChI is InChI=1S/C18H17NO5/c1-11-16(24-15-10-6-5-9-14(15)23-11)17(20)19-13-8-4-3-7-12(13)18(21)22-2/h3-11,16H,1-2H3,(H,19,20)/t11-,16+/m0/s1. The van der Waals surface area contributed by atoms with Gasteiger partial charge in [-0.3, -0.25) is 4.79 Å². The van der Waals surface area contributed by atoms with Gasteiger partial charge < -0.3 is 19.5 Å². The van der Waals surface area contributed by atoms with Crippen molar-refractivity contribution in [1.29, 1.82) is 0 Å². The van der Waals surface area contributed by atoms with E-state index in [1.807, 2.05) is 6.07 Å². The van der Waals surface area contributed by atoms with Crippen LogP contribution in [-0.2, 0) is 9.53 Å². The third kappa shape index (κ3) is 3.03. The number of rotatable bonds is 3. The van der Waals surface area contributed by atoms with Crippen molar-refractivity contribution >= 4 is 17.6 Å². The highest BCUT2D eigenvalue weighted by molar-refractivity contribution is 6.02. The molecule has 0 unspecified atom stereocenters. The van der Waals surface area contributed by atoms with Crippen molar-refractivity contribution in [3.8, 4) is 11.5 Å². The number of esters is 1. The van der Waals surface area contributed by atoms with Crippen LogP contribution in [-0.4, -0.2) is 31.2 Å². The van der Waals surface area contributed by atoms with Crippen LogP contribution < -0.4 is 14.8 Å². The maximum atomic E-state index is 12.6. The number of hydrogen-bond acceptors (Lipinski definition) is 5. The zero-order valence-corrected chi connectivity index (χ0v) is 13.3. The summed E-state index contributed by atoms with van der Waals surface area (Å²) >= 11 is 0. The number of amides is 1. The molecule has 0 bridgehead atoms. The van der Waals surface area contributed by atoms with Crippen molar-refractivity contribution in [1.82, 2.24) is 0 Å².